The van der Waals surface area contributed by atoms with Crippen LogP contribution in [0.1, 0.15) is 251 Å². The van der Waals surface area contributed by atoms with Crippen LogP contribution in [0.25, 0.3) is 0 Å². The van der Waals surface area contributed by atoms with Crippen LogP contribution in [-0.4, -0.2) is 49.3 Å². The van der Waals surface area contributed by atoms with Crippen molar-refractivity contribution in [2.45, 2.75) is 258 Å². The first-order valence-electron chi connectivity index (χ1n) is 24.7. The van der Waals surface area contributed by atoms with E-state index in [1.54, 1.807) is 0 Å². The molecular formula is C48H94NO8P. The van der Waals surface area contributed by atoms with E-state index in [-0.39, 0.29) is 38.6 Å². The second-order valence-corrected chi connectivity index (χ2v) is 18.1. The largest absolute Gasteiger partial charge is 0.472 e. The second kappa shape index (κ2) is 45.3. The van der Waals surface area contributed by atoms with Crippen LogP contribution in [0.3, 0.4) is 0 Å². The Labute approximate surface area is 358 Å². The van der Waals surface area contributed by atoms with Gasteiger partial charge in [0, 0.05) is 19.4 Å². The lowest BCUT2D eigenvalue weighted by molar-refractivity contribution is -0.161. The van der Waals surface area contributed by atoms with Crippen LogP contribution >= 0.6 is 7.82 Å². The highest BCUT2D eigenvalue weighted by Crippen LogP contribution is 2.43. The number of allylic oxidation sites excluding steroid dienone is 2. The number of rotatable bonds is 47. The third-order valence-electron chi connectivity index (χ3n) is 10.9. The SMILES string of the molecule is CCCCCC/C=C/CCCCCCCCCC(=O)O[C@H](COC(=O)CCCCCCCCCCCCCCCCCCCCCCCC)COP(=O)(O)OCCN. The minimum atomic E-state index is -4.38. The first kappa shape index (κ1) is 56.8. The molecule has 0 aliphatic heterocycles. The maximum atomic E-state index is 12.6. The van der Waals surface area contributed by atoms with Gasteiger partial charge in [0.25, 0.3) is 0 Å². The number of ether oxygens (including phenoxy) is 2. The van der Waals surface area contributed by atoms with Crippen molar-refractivity contribution in [2.24, 2.45) is 5.73 Å². The first-order valence-corrected chi connectivity index (χ1v) is 26.2. The Balaban J connectivity index is 4.00. The molecule has 0 heterocycles. The van der Waals surface area contributed by atoms with Crippen LogP contribution < -0.4 is 5.73 Å². The molecule has 0 aliphatic rings. The number of hydrogen-bond acceptors (Lipinski definition) is 8. The molecule has 2 atom stereocenters. The van der Waals surface area contributed by atoms with Gasteiger partial charge in [-0.05, 0) is 38.5 Å². The molecule has 10 heteroatoms. The standard InChI is InChI=1S/C48H94NO8P/c1-3-5-7-9-11-13-15-17-19-20-21-22-23-24-25-27-28-30-32-34-36-38-40-47(50)54-44-46(45-56-58(52,53)55-43-42-49)57-48(51)41-39-37-35-33-31-29-26-18-16-14-12-10-8-6-4-2/h14,16,46H,3-13,15,17-45,49H2,1-2H3,(H,52,53)/b16-14+/t46-/m1/s1. The maximum Gasteiger partial charge on any atom is 0.472 e. The molecule has 1 unspecified atom stereocenters. The van der Waals surface area contributed by atoms with Gasteiger partial charge in [0.15, 0.2) is 6.10 Å². The molecule has 0 aromatic rings. The summed E-state index contributed by atoms with van der Waals surface area (Å²) in [7, 11) is -4.38. The highest BCUT2D eigenvalue weighted by atomic mass is 31.2. The van der Waals surface area contributed by atoms with Crippen molar-refractivity contribution >= 4 is 19.8 Å². The molecule has 0 aromatic heterocycles. The molecule has 344 valence electrons. The Hall–Kier alpha value is -1.25. The van der Waals surface area contributed by atoms with Gasteiger partial charge in [-0.3, -0.25) is 18.6 Å². The van der Waals surface area contributed by atoms with Gasteiger partial charge in [0.1, 0.15) is 6.61 Å². The summed E-state index contributed by atoms with van der Waals surface area (Å²) in [6.07, 6.45) is 48.2. The zero-order valence-corrected chi connectivity index (χ0v) is 38.9. The fraction of sp³-hybridized carbons (Fsp3) is 0.917. The Kier molecular flexibility index (Phi) is 44.3. The monoisotopic (exact) mass is 844 g/mol. The third kappa shape index (κ3) is 44.3. The molecular weight excluding hydrogens is 750 g/mol. The average Bonchev–Trinajstić information content (AvgIpc) is 3.21. The fourth-order valence-corrected chi connectivity index (χ4v) is 7.99. The van der Waals surface area contributed by atoms with Crippen molar-refractivity contribution in [3.8, 4) is 0 Å². The zero-order valence-electron chi connectivity index (χ0n) is 38.1. The number of phosphoric acid groups is 1. The Bertz CT molecular complexity index is 964. The van der Waals surface area contributed by atoms with E-state index in [2.05, 4.69) is 26.0 Å². The Morgan fingerprint density at radius 3 is 1.24 bits per heavy atom. The number of carbonyl (C=O) groups excluding carboxylic acids is 2. The topological polar surface area (TPSA) is 134 Å². The van der Waals surface area contributed by atoms with E-state index in [9.17, 15) is 19.0 Å². The zero-order chi connectivity index (χ0) is 42.5. The van der Waals surface area contributed by atoms with Gasteiger partial charge in [-0.1, -0.05) is 212 Å². The second-order valence-electron chi connectivity index (χ2n) is 16.7. The maximum absolute atomic E-state index is 12.6. The van der Waals surface area contributed by atoms with Gasteiger partial charge in [0.05, 0.1) is 13.2 Å². The van der Waals surface area contributed by atoms with Crippen LogP contribution in [-0.2, 0) is 32.7 Å². The minimum Gasteiger partial charge on any atom is -0.462 e. The Morgan fingerprint density at radius 1 is 0.500 bits per heavy atom. The molecule has 0 spiro atoms. The van der Waals surface area contributed by atoms with Crippen LogP contribution in [0.4, 0.5) is 0 Å². The van der Waals surface area contributed by atoms with Gasteiger partial charge in [-0.25, -0.2) is 4.57 Å². The number of unbranched alkanes of at least 4 members (excludes halogenated alkanes) is 32. The summed E-state index contributed by atoms with van der Waals surface area (Å²) in [5, 5.41) is 0. The lowest BCUT2D eigenvalue weighted by atomic mass is 10.0. The molecule has 0 amide bonds. The molecule has 0 saturated carbocycles. The van der Waals surface area contributed by atoms with E-state index in [0.29, 0.717) is 6.42 Å². The lowest BCUT2D eigenvalue weighted by Gasteiger charge is -2.19. The number of hydrogen-bond donors (Lipinski definition) is 2. The molecule has 0 rings (SSSR count). The summed E-state index contributed by atoms with van der Waals surface area (Å²) in [6.45, 7) is 3.76. The number of carbonyl (C=O) groups is 2. The van der Waals surface area contributed by atoms with Gasteiger partial charge < -0.3 is 20.1 Å². The van der Waals surface area contributed by atoms with E-state index in [1.165, 1.54) is 173 Å². The fourth-order valence-electron chi connectivity index (χ4n) is 7.22. The van der Waals surface area contributed by atoms with Crippen molar-refractivity contribution in [3.05, 3.63) is 12.2 Å². The van der Waals surface area contributed by atoms with Crippen LogP contribution in [0.5, 0.6) is 0 Å². The summed E-state index contributed by atoms with van der Waals surface area (Å²) < 4.78 is 32.9. The number of nitrogens with two attached hydrogens (primary N) is 1. The Morgan fingerprint density at radius 2 is 0.845 bits per heavy atom. The van der Waals surface area contributed by atoms with Crippen molar-refractivity contribution < 1.29 is 37.6 Å². The molecule has 3 N–H and O–H groups in total. The molecule has 0 aromatic carbocycles. The van der Waals surface area contributed by atoms with E-state index in [0.717, 1.165) is 44.9 Å². The minimum absolute atomic E-state index is 0.0557. The van der Waals surface area contributed by atoms with Crippen molar-refractivity contribution in [2.75, 3.05) is 26.4 Å². The van der Waals surface area contributed by atoms with Gasteiger partial charge in [0.2, 0.25) is 0 Å². The summed E-state index contributed by atoms with van der Waals surface area (Å²) in [5.41, 5.74) is 5.36. The van der Waals surface area contributed by atoms with E-state index < -0.39 is 26.5 Å². The normalized spacial score (nSPS) is 13.2. The molecule has 0 radical (unpaired) electrons. The molecule has 0 aliphatic carbocycles. The molecule has 9 nitrogen and oxygen atoms in total. The third-order valence-corrected chi connectivity index (χ3v) is 11.9. The summed E-state index contributed by atoms with van der Waals surface area (Å²) in [5.74, 6) is -0.819. The number of phosphoric ester groups is 1. The van der Waals surface area contributed by atoms with Crippen LogP contribution in [0.2, 0.25) is 0 Å². The summed E-state index contributed by atoms with van der Waals surface area (Å²) in [6, 6.07) is 0. The predicted molar refractivity (Wildman–Crippen MR) is 243 cm³/mol. The van der Waals surface area contributed by atoms with Gasteiger partial charge >= 0.3 is 19.8 Å². The average molecular weight is 844 g/mol. The van der Waals surface area contributed by atoms with Crippen molar-refractivity contribution in [1.29, 1.82) is 0 Å². The highest BCUT2D eigenvalue weighted by Gasteiger charge is 2.26. The number of esters is 2. The summed E-state index contributed by atoms with van der Waals surface area (Å²) >= 11 is 0. The van der Waals surface area contributed by atoms with Gasteiger partial charge in [-0.2, -0.15) is 0 Å². The predicted octanol–water partition coefficient (Wildman–Crippen LogP) is 14.6. The highest BCUT2D eigenvalue weighted by molar-refractivity contribution is 7.47. The molecule has 58 heavy (non-hydrogen) atoms. The van der Waals surface area contributed by atoms with Crippen LogP contribution in [0, 0.1) is 0 Å². The van der Waals surface area contributed by atoms with Crippen molar-refractivity contribution in [3.63, 3.8) is 0 Å². The first-order chi connectivity index (χ1) is 28.3. The van der Waals surface area contributed by atoms with E-state index in [1.807, 2.05) is 0 Å². The van der Waals surface area contributed by atoms with Crippen LogP contribution in [0.15, 0.2) is 12.2 Å². The quantitative estimate of drug-likeness (QED) is 0.0266. The molecule has 0 bridgehead atoms. The summed E-state index contributed by atoms with van der Waals surface area (Å²) in [4.78, 5) is 35.0. The molecule has 0 saturated heterocycles. The smallest absolute Gasteiger partial charge is 0.462 e. The van der Waals surface area contributed by atoms with Gasteiger partial charge in [-0.15, -0.1) is 0 Å². The van der Waals surface area contributed by atoms with E-state index in [4.69, 9.17) is 24.3 Å². The lowest BCUT2D eigenvalue weighted by Crippen LogP contribution is -2.29. The van der Waals surface area contributed by atoms with E-state index >= 15 is 0 Å². The van der Waals surface area contributed by atoms with Crippen molar-refractivity contribution in [1.82, 2.24) is 0 Å². The molecule has 0 fully saturated rings.